The predicted molar refractivity (Wildman–Crippen MR) is 90.1 cm³/mol. The Balaban J connectivity index is 2.91. The Kier molecular flexibility index (Phi) is 4.20. The monoisotopic (exact) mass is 334 g/mol. The fourth-order valence-corrected chi connectivity index (χ4v) is 4.84. The molecule has 0 atom stereocenters. The van der Waals surface area contributed by atoms with Crippen LogP contribution in [0.3, 0.4) is 0 Å². The molecule has 2 aromatic carbocycles. The highest BCUT2D eigenvalue weighted by Gasteiger charge is 2.30. The highest BCUT2D eigenvalue weighted by Crippen LogP contribution is 2.40. The van der Waals surface area contributed by atoms with Crippen molar-refractivity contribution in [1.29, 1.82) is 0 Å². The Bertz CT molecular complexity index is 840. The summed E-state index contributed by atoms with van der Waals surface area (Å²) in [6, 6.07) is 3.18. The summed E-state index contributed by atoms with van der Waals surface area (Å²) in [6.07, 6.45) is 0. The molecule has 4 nitrogen and oxygen atoms in total. The van der Waals surface area contributed by atoms with Gasteiger partial charge in [0, 0.05) is 0 Å². The molecule has 2 aromatic rings. The molecule has 0 saturated heterocycles. The molecule has 0 unspecified atom stereocenters. The van der Waals surface area contributed by atoms with Gasteiger partial charge in [0.1, 0.15) is 21.3 Å². The van der Waals surface area contributed by atoms with E-state index in [9.17, 15) is 18.6 Å². The van der Waals surface area contributed by atoms with Crippen LogP contribution in [0.5, 0.6) is 11.5 Å². The molecule has 0 bridgehead atoms. The Morgan fingerprint density at radius 3 is 1.78 bits per heavy atom. The van der Waals surface area contributed by atoms with Gasteiger partial charge in [-0.05, 0) is 81.0 Å². The van der Waals surface area contributed by atoms with Crippen molar-refractivity contribution < 1.29 is 18.6 Å². The highest BCUT2D eigenvalue weighted by atomic mass is 32.2. The van der Waals surface area contributed by atoms with Crippen LogP contribution in [-0.2, 0) is 9.84 Å². The van der Waals surface area contributed by atoms with Crippen LogP contribution in [0.25, 0.3) is 0 Å². The summed E-state index contributed by atoms with van der Waals surface area (Å²) in [5.41, 5.74) is 3.93. The molecule has 0 amide bonds. The zero-order chi connectivity index (χ0) is 17.7. The van der Waals surface area contributed by atoms with Crippen molar-refractivity contribution in [2.45, 2.75) is 51.3 Å². The van der Waals surface area contributed by atoms with Crippen LogP contribution in [0.4, 0.5) is 0 Å². The quantitative estimate of drug-likeness (QED) is 0.876. The van der Waals surface area contributed by atoms with Crippen LogP contribution in [0, 0.1) is 41.5 Å². The second-order valence-corrected chi connectivity index (χ2v) is 7.93. The Morgan fingerprint density at radius 1 is 0.696 bits per heavy atom. The van der Waals surface area contributed by atoms with E-state index in [2.05, 4.69) is 0 Å². The summed E-state index contributed by atoms with van der Waals surface area (Å²) in [5.74, 6) is -0.540. The lowest BCUT2D eigenvalue weighted by Gasteiger charge is -2.18. The van der Waals surface area contributed by atoms with Crippen molar-refractivity contribution in [3.63, 3.8) is 0 Å². The smallest absolute Gasteiger partial charge is 0.214 e. The fourth-order valence-electron chi connectivity index (χ4n) is 2.86. The molecule has 0 aromatic heterocycles. The zero-order valence-corrected chi connectivity index (χ0v) is 15.1. The molecule has 0 spiro atoms. The van der Waals surface area contributed by atoms with Crippen LogP contribution < -0.4 is 0 Å². The number of hydrogen-bond donors (Lipinski definition) is 2. The van der Waals surface area contributed by atoms with Crippen LogP contribution >= 0.6 is 0 Å². The second kappa shape index (κ2) is 5.57. The molecule has 0 radical (unpaired) electrons. The van der Waals surface area contributed by atoms with Gasteiger partial charge in [-0.15, -0.1) is 0 Å². The average Bonchev–Trinajstić information content (AvgIpc) is 2.41. The molecule has 5 heteroatoms. The van der Waals surface area contributed by atoms with Crippen molar-refractivity contribution in [3.8, 4) is 11.5 Å². The maximum atomic E-state index is 13.1. The highest BCUT2D eigenvalue weighted by molar-refractivity contribution is 7.91. The first-order valence-electron chi connectivity index (χ1n) is 7.34. The van der Waals surface area contributed by atoms with Crippen molar-refractivity contribution >= 4 is 9.84 Å². The van der Waals surface area contributed by atoms with Gasteiger partial charge in [-0.25, -0.2) is 8.42 Å². The number of sulfone groups is 1. The fraction of sp³-hybridized carbons (Fsp3) is 0.333. The minimum absolute atomic E-state index is 0.137. The first-order chi connectivity index (χ1) is 10.5. The SMILES string of the molecule is Cc1cc(O)c(S(=O)(=O)c2c(C)cc(C)c(C)c2O)c(C)c1C. The molecule has 2 N–H and O–H groups in total. The molecule has 124 valence electrons. The van der Waals surface area contributed by atoms with Crippen molar-refractivity contribution in [2.75, 3.05) is 0 Å². The van der Waals surface area contributed by atoms with Gasteiger partial charge in [-0.2, -0.15) is 0 Å². The molecule has 23 heavy (non-hydrogen) atoms. The minimum Gasteiger partial charge on any atom is -0.507 e. The molecule has 2 rings (SSSR count). The summed E-state index contributed by atoms with van der Waals surface area (Å²) in [5, 5.41) is 20.6. The van der Waals surface area contributed by atoms with Gasteiger partial charge in [0.2, 0.25) is 9.84 Å². The molecule has 0 saturated carbocycles. The average molecular weight is 334 g/mol. The number of benzene rings is 2. The van der Waals surface area contributed by atoms with Gasteiger partial charge in [0.05, 0.1) is 0 Å². The summed E-state index contributed by atoms with van der Waals surface area (Å²) < 4.78 is 26.2. The zero-order valence-electron chi connectivity index (χ0n) is 14.3. The maximum absolute atomic E-state index is 13.1. The Morgan fingerprint density at radius 2 is 1.22 bits per heavy atom. The van der Waals surface area contributed by atoms with E-state index in [1.54, 1.807) is 26.8 Å². The largest absolute Gasteiger partial charge is 0.507 e. The lowest BCUT2D eigenvalue weighted by atomic mass is 10.0. The summed E-state index contributed by atoms with van der Waals surface area (Å²) in [7, 11) is -4.04. The van der Waals surface area contributed by atoms with E-state index in [0.29, 0.717) is 16.7 Å². The summed E-state index contributed by atoms with van der Waals surface area (Å²) >= 11 is 0. The molecule has 0 aliphatic rings. The first kappa shape index (κ1) is 17.3. The summed E-state index contributed by atoms with van der Waals surface area (Å²) in [4.78, 5) is -0.274. The van der Waals surface area contributed by atoms with Gasteiger partial charge < -0.3 is 10.2 Å². The first-order valence-corrected chi connectivity index (χ1v) is 8.83. The molecule has 0 heterocycles. The van der Waals surface area contributed by atoms with Crippen LogP contribution in [0.2, 0.25) is 0 Å². The lowest BCUT2D eigenvalue weighted by molar-refractivity contribution is 0.448. The van der Waals surface area contributed by atoms with E-state index < -0.39 is 9.84 Å². The normalized spacial score (nSPS) is 11.7. The van der Waals surface area contributed by atoms with Crippen molar-refractivity contribution in [2.24, 2.45) is 0 Å². The standard InChI is InChI=1S/C18H22O4S/c1-9-7-11(3)17(16(20)13(9)5)23(21,22)18-14(6)12(4)10(2)8-15(18)19/h7-8,19-20H,1-6H3. The number of phenolic OH excluding ortho intramolecular Hbond substituents is 2. The van der Waals surface area contributed by atoms with Crippen molar-refractivity contribution in [3.05, 3.63) is 45.5 Å². The summed E-state index contributed by atoms with van der Waals surface area (Å²) in [6.45, 7) is 10.4. The molecular formula is C18H22O4S. The predicted octanol–water partition coefficient (Wildman–Crippen LogP) is 3.78. The third-order valence-electron chi connectivity index (χ3n) is 4.57. The van der Waals surface area contributed by atoms with Gasteiger partial charge in [0.25, 0.3) is 0 Å². The van der Waals surface area contributed by atoms with Crippen LogP contribution in [0.1, 0.15) is 33.4 Å². The minimum atomic E-state index is -4.04. The van der Waals surface area contributed by atoms with E-state index in [1.165, 1.54) is 6.07 Å². The molecule has 0 fully saturated rings. The number of aromatic hydroxyl groups is 2. The van der Waals surface area contributed by atoms with Crippen molar-refractivity contribution in [1.82, 2.24) is 0 Å². The number of hydrogen-bond acceptors (Lipinski definition) is 4. The van der Waals surface area contributed by atoms with Gasteiger partial charge in [0.15, 0.2) is 0 Å². The third kappa shape index (κ3) is 2.59. The van der Waals surface area contributed by atoms with Gasteiger partial charge in [-0.3, -0.25) is 0 Å². The van der Waals surface area contributed by atoms with E-state index in [1.807, 2.05) is 20.8 Å². The molecule has 0 aliphatic carbocycles. The van der Waals surface area contributed by atoms with E-state index in [4.69, 9.17) is 0 Å². The molecule has 0 aliphatic heterocycles. The third-order valence-corrected chi connectivity index (χ3v) is 6.68. The van der Waals surface area contributed by atoms with E-state index in [0.717, 1.165) is 16.7 Å². The Hall–Kier alpha value is -2.01. The number of phenols is 2. The van der Waals surface area contributed by atoms with E-state index in [-0.39, 0.29) is 21.3 Å². The van der Waals surface area contributed by atoms with E-state index >= 15 is 0 Å². The maximum Gasteiger partial charge on any atom is 0.214 e. The Labute approximate surface area is 137 Å². The van der Waals surface area contributed by atoms with Gasteiger partial charge >= 0.3 is 0 Å². The lowest BCUT2D eigenvalue weighted by Crippen LogP contribution is -2.09. The number of aryl methyl sites for hydroxylation is 3. The van der Waals surface area contributed by atoms with Gasteiger partial charge in [-0.1, -0.05) is 6.07 Å². The topological polar surface area (TPSA) is 74.6 Å². The van der Waals surface area contributed by atoms with Crippen LogP contribution in [0.15, 0.2) is 21.9 Å². The second-order valence-electron chi connectivity index (χ2n) is 6.11. The van der Waals surface area contributed by atoms with Crippen LogP contribution in [-0.4, -0.2) is 18.6 Å². The number of rotatable bonds is 2. The molecular weight excluding hydrogens is 312 g/mol.